The average Bonchev–Trinajstić information content (AvgIpc) is 2.27. The van der Waals surface area contributed by atoms with Crippen LogP contribution in [0.5, 0.6) is 0 Å². The standard InChI is InChI=1S/C14H21/c1-4-12(5-2)14(6-3)13-10-8-7-9-11-13/h7-11,14H,4-6H2,1-3H3. The van der Waals surface area contributed by atoms with Crippen LogP contribution in [-0.4, -0.2) is 0 Å². The fourth-order valence-corrected chi connectivity index (χ4v) is 2.19. The molecule has 0 nitrogen and oxygen atoms in total. The molecule has 1 unspecified atom stereocenters. The molecule has 0 spiro atoms. The monoisotopic (exact) mass is 189 g/mol. The summed E-state index contributed by atoms with van der Waals surface area (Å²) in [5.74, 6) is 2.35. The summed E-state index contributed by atoms with van der Waals surface area (Å²) in [6.45, 7) is 6.82. The minimum atomic E-state index is 0.672. The summed E-state index contributed by atoms with van der Waals surface area (Å²) in [4.78, 5) is 0. The van der Waals surface area contributed by atoms with Gasteiger partial charge in [-0.1, -0.05) is 51.1 Å². The van der Waals surface area contributed by atoms with Gasteiger partial charge in [-0.3, -0.25) is 0 Å². The number of hydrogen-bond acceptors (Lipinski definition) is 0. The summed E-state index contributed by atoms with van der Waals surface area (Å²) in [7, 11) is 0. The van der Waals surface area contributed by atoms with Crippen molar-refractivity contribution in [2.24, 2.45) is 0 Å². The Morgan fingerprint density at radius 1 is 1.00 bits per heavy atom. The van der Waals surface area contributed by atoms with Crippen LogP contribution in [0, 0.1) is 5.92 Å². The van der Waals surface area contributed by atoms with Crippen LogP contribution >= 0.6 is 0 Å². The molecule has 1 aromatic rings. The van der Waals surface area contributed by atoms with Crippen LogP contribution < -0.4 is 0 Å². The van der Waals surface area contributed by atoms with Crippen molar-refractivity contribution in [1.29, 1.82) is 0 Å². The lowest BCUT2D eigenvalue weighted by Crippen LogP contribution is -2.08. The van der Waals surface area contributed by atoms with E-state index in [0.717, 1.165) is 0 Å². The normalized spacial score (nSPS) is 13.1. The highest BCUT2D eigenvalue weighted by atomic mass is 14.2. The number of benzene rings is 1. The largest absolute Gasteiger partial charge is 0.0648 e. The third-order valence-electron chi connectivity index (χ3n) is 3.01. The van der Waals surface area contributed by atoms with Crippen molar-refractivity contribution in [3.63, 3.8) is 0 Å². The molecular formula is C14H21. The van der Waals surface area contributed by atoms with E-state index >= 15 is 0 Å². The number of hydrogen-bond donors (Lipinski definition) is 0. The highest BCUT2D eigenvalue weighted by molar-refractivity contribution is 5.25. The van der Waals surface area contributed by atoms with Crippen molar-refractivity contribution in [2.75, 3.05) is 0 Å². The summed E-state index contributed by atoms with van der Waals surface area (Å²) >= 11 is 0. The van der Waals surface area contributed by atoms with Crippen LogP contribution in [0.15, 0.2) is 30.3 Å². The van der Waals surface area contributed by atoms with Gasteiger partial charge in [0, 0.05) is 0 Å². The highest BCUT2D eigenvalue weighted by Crippen LogP contribution is 2.33. The molecule has 0 heterocycles. The summed E-state index contributed by atoms with van der Waals surface area (Å²) < 4.78 is 0. The maximum atomic E-state index is 2.28. The van der Waals surface area contributed by atoms with Gasteiger partial charge in [-0.05, 0) is 36.7 Å². The van der Waals surface area contributed by atoms with Gasteiger partial charge < -0.3 is 0 Å². The number of rotatable bonds is 5. The SMILES string of the molecule is CC[C](CC)C(CC)c1ccccc1. The van der Waals surface area contributed by atoms with Crippen LogP contribution in [0.2, 0.25) is 0 Å². The van der Waals surface area contributed by atoms with Crippen molar-refractivity contribution in [3.05, 3.63) is 41.8 Å². The molecule has 0 aliphatic heterocycles. The van der Waals surface area contributed by atoms with E-state index in [0.29, 0.717) is 5.92 Å². The quantitative estimate of drug-likeness (QED) is 0.636. The van der Waals surface area contributed by atoms with E-state index in [4.69, 9.17) is 0 Å². The second-order valence-electron chi connectivity index (χ2n) is 3.74. The molecule has 0 saturated heterocycles. The smallest absolute Gasteiger partial charge is 0.0103 e. The first-order chi connectivity index (χ1) is 6.83. The lowest BCUT2D eigenvalue weighted by Gasteiger charge is -2.23. The van der Waals surface area contributed by atoms with E-state index in [1.807, 2.05) is 0 Å². The fourth-order valence-electron chi connectivity index (χ4n) is 2.19. The van der Waals surface area contributed by atoms with Gasteiger partial charge in [-0.25, -0.2) is 0 Å². The van der Waals surface area contributed by atoms with Gasteiger partial charge >= 0.3 is 0 Å². The highest BCUT2D eigenvalue weighted by Gasteiger charge is 2.18. The lowest BCUT2D eigenvalue weighted by molar-refractivity contribution is 0.599. The maximum absolute atomic E-state index is 2.28. The average molecular weight is 189 g/mol. The molecule has 0 aliphatic carbocycles. The van der Waals surface area contributed by atoms with Crippen LogP contribution in [0.4, 0.5) is 0 Å². The summed E-state index contributed by atoms with van der Waals surface area (Å²) in [6, 6.07) is 10.9. The third kappa shape index (κ3) is 2.60. The molecule has 0 N–H and O–H groups in total. The first-order valence-corrected chi connectivity index (χ1v) is 5.72. The van der Waals surface area contributed by atoms with Gasteiger partial charge in [0.2, 0.25) is 0 Å². The van der Waals surface area contributed by atoms with Crippen LogP contribution in [-0.2, 0) is 0 Å². The molecule has 0 heteroatoms. The predicted molar refractivity (Wildman–Crippen MR) is 63.3 cm³/mol. The van der Waals surface area contributed by atoms with Gasteiger partial charge in [0.15, 0.2) is 0 Å². The van der Waals surface area contributed by atoms with Crippen molar-refractivity contribution in [3.8, 4) is 0 Å². The Morgan fingerprint density at radius 3 is 2.00 bits per heavy atom. The van der Waals surface area contributed by atoms with E-state index in [1.165, 1.54) is 24.8 Å². The molecule has 0 aliphatic rings. The van der Waals surface area contributed by atoms with Gasteiger partial charge in [0.25, 0.3) is 0 Å². The Kier molecular flexibility index (Phi) is 4.72. The molecule has 1 radical (unpaired) electrons. The van der Waals surface area contributed by atoms with E-state index in [9.17, 15) is 0 Å². The van der Waals surface area contributed by atoms with Crippen molar-refractivity contribution >= 4 is 0 Å². The molecule has 77 valence electrons. The molecule has 0 amide bonds. The zero-order chi connectivity index (χ0) is 10.4. The van der Waals surface area contributed by atoms with Crippen LogP contribution in [0.3, 0.4) is 0 Å². The van der Waals surface area contributed by atoms with Crippen molar-refractivity contribution in [1.82, 2.24) is 0 Å². The Balaban J connectivity index is 2.81. The molecule has 14 heavy (non-hydrogen) atoms. The first-order valence-electron chi connectivity index (χ1n) is 5.72. The summed E-state index contributed by atoms with van der Waals surface area (Å²) in [5, 5.41) is 0. The zero-order valence-corrected chi connectivity index (χ0v) is 9.59. The van der Waals surface area contributed by atoms with E-state index in [-0.39, 0.29) is 0 Å². The molecule has 0 aromatic heterocycles. The van der Waals surface area contributed by atoms with Crippen molar-refractivity contribution < 1.29 is 0 Å². The molecular weight excluding hydrogens is 168 g/mol. The van der Waals surface area contributed by atoms with E-state index in [1.54, 1.807) is 5.92 Å². The molecule has 0 fully saturated rings. The third-order valence-corrected chi connectivity index (χ3v) is 3.01. The molecule has 0 bridgehead atoms. The Bertz CT molecular complexity index is 233. The first kappa shape index (κ1) is 11.3. The van der Waals surface area contributed by atoms with Gasteiger partial charge in [-0.2, -0.15) is 0 Å². The lowest BCUT2D eigenvalue weighted by atomic mass is 9.81. The second-order valence-corrected chi connectivity index (χ2v) is 3.74. The molecule has 1 rings (SSSR count). The fraction of sp³-hybridized carbons (Fsp3) is 0.500. The Hall–Kier alpha value is -0.780. The van der Waals surface area contributed by atoms with Gasteiger partial charge in [-0.15, -0.1) is 0 Å². The Labute approximate surface area is 88.4 Å². The topological polar surface area (TPSA) is 0 Å². The van der Waals surface area contributed by atoms with Crippen molar-refractivity contribution in [2.45, 2.75) is 46.0 Å². The predicted octanol–water partition coefficient (Wildman–Crippen LogP) is 4.57. The maximum Gasteiger partial charge on any atom is -0.0103 e. The summed E-state index contributed by atoms with van der Waals surface area (Å²) in [6.07, 6.45) is 3.65. The molecule has 0 saturated carbocycles. The molecule has 1 aromatic carbocycles. The minimum Gasteiger partial charge on any atom is -0.0648 e. The van der Waals surface area contributed by atoms with Gasteiger partial charge in [0.05, 0.1) is 0 Å². The Morgan fingerprint density at radius 2 is 1.57 bits per heavy atom. The van der Waals surface area contributed by atoms with Gasteiger partial charge in [0.1, 0.15) is 0 Å². The zero-order valence-electron chi connectivity index (χ0n) is 9.59. The second kappa shape index (κ2) is 5.85. The van der Waals surface area contributed by atoms with E-state index in [2.05, 4.69) is 51.1 Å². The van der Waals surface area contributed by atoms with Crippen LogP contribution in [0.25, 0.3) is 0 Å². The van der Waals surface area contributed by atoms with Crippen LogP contribution in [0.1, 0.15) is 51.5 Å². The molecule has 1 atom stereocenters. The van der Waals surface area contributed by atoms with E-state index < -0.39 is 0 Å². The summed E-state index contributed by atoms with van der Waals surface area (Å²) in [5.41, 5.74) is 1.48. The minimum absolute atomic E-state index is 0.672.